The lowest BCUT2D eigenvalue weighted by atomic mass is 9.85. The van der Waals surface area contributed by atoms with Crippen LogP contribution in [0.2, 0.25) is 0 Å². The van der Waals surface area contributed by atoms with Crippen LogP contribution in [0.15, 0.2) is 16.9 Å². The first-order valence-electron chi connectivity index (χ1n) is 5.77. The van der Waals surface area contributed by atoms with Gasteiger partial charge < -0.3 is 11.1 Å². The molecule has 2 unspecified atom stereocenters. The molecule has 1 fully saturated rings. The average molecular weight is 236 g/mol. The molecule has 17 heavy (non-hydrogen) atoms. The molecule has 1 amide bonds. The fraction of sp³-hybridized carbons (Fsp3) is 0.545. The van der Waals surface area contributed by atoms with E-state index in [1.807, 2.05) is 0 Å². The second-order valence-corrected chi connectivity index (χ2v) is 4.42. The number of rotatable bonds is 2. The highest BCUT2D eigenvalue weighted by molar-refractivity contribution is 5.91. The largest absolute Gasteiger partial charge is 0.328 e. The SMILES string of the molecule is NC1CCCC(C(=O)Nc2ccc(=O)[nH]n2)C1. The Morgan fingerprint density at radius 3 is 2.94 bits per heavy atom. The van der Waals surface area contributed by atoms with Gasteiger partial charge >= 0.3 is 0 Å². The van der Waals surface area contributed by atoms with Gasteiger partial charge in [0.05, 0.1) is 0 Å². The van der Waals surface area contributed by atoms with E-state index in [-0.39, 0.29) is 23.4 Å². The Kier molecular flexibility index (Phi) is 3.53. The second kappa shape index (κ2) is 5.09. The minimum Gasteiger partial charge on any atom is -0.328 e. The van der Waals surface area contributed by atoms with Crippen molar-refractivity contribution in [2.24, 2.45) is 11.7 Å². The van der Waals surface area contributed by atoms with Gasteiger partial charge in [0.15, 0.2) is 5.82 Å². The molecule has 2 rings (SSSR count). The Morgan fingerprint density at radius 2 is 2.29 bits per heavy atom. The topological polar surface area (TPSA) is 101 Å². The highest BCUT2D eigenvalue weighted by Crippen LogP contribution is 2.23. The zero-order valence-corrected chi connectivity index (χ0v) is 9.48. The van der Waals surface area contributed by atoms with E-state index >= 15 is 0 Å². The predicted octanol–water partition coefficient (Wildman–Crippen LogP) is 0.226. The number of H-pyrrole nitrogens is 1. The molecule has 4 N–H and O–H groups in total. The minimum absolute atomic E-state index is 0.0486. The Morgan fingerprint density at radius 1 is 1.47 bits per heavy atom. The maximum atomic E-state index is 11.9. The van der Waals surface area contributed by atoms with Crippen LogP contribution in [0.3, 0.4) is 0 Å². The van der Waals surface area contributed by atoms with Crippen LogP contribution in [0.25, 0.3) is 0 Å². The summed E-state index contributed by atoms with van der Waals surface area (Å²) in [5, 5.41) is 8.69. The van der Waals surface area contributed by atoms with Crippen LogP contribution in [-0.2, 0) is 4.79 Å². The molecule has 0 radical (unpaired) electrons. The number of nitrogens with one attached hydrogen (secondary N) is 2. The summed E-state index contributed by atoms with van der Waals surface area (Å²) < 4.78 is 0. The first-order valence-corrected chi connectivity index (χ1v) is 5.77. The molecule has 0 bridgehead atoms. The molecule has 0 aliphatic heterocycles. The van der Waals surface area contributed by atoms with Crippen LogP contribution >= 0.6 is 0 Å². The van der Waals surface area contributed by atoms with Crippen molar-refractivity contribution < 1.29 is 4.79 Å². The van der Waals surface area contributed by atoms with Gasteiger partial charge in [-0.15, -0.1) is 0 Å². The van der Waals surface area contributed by atoms with Crippen molar-refractivity contribution in [2.45, 2.75) is 31.7 Å². The normalized spacial score (nSPS) is 24.3. The number of carbonyl (C=O) groups excluding carboxylic acids is 1. The first kappa shape index (κ1) is 11.8. The quantitative estimate of drug-likeness (QED) is 0.684. The van der Waals surface area contributed by atoms with Gasteiger partial charge in [0.25, 0.3) is 5.56 Å². The van der Waals surface area contributed by atoms with Gasteiger partial charge in [-0.05, 0) is 25.3 Å². The molecule has 1 saturated carbocycles. The van der Waals surface area contributed by atoms with Crippen molar-refractivity contribution in [1.29, 1.82) is 0 Å². The van der Waals surface area contributed by atoms with E-state index in [1.54, 1.807) is 0 Å². The molecule has 1 aromatic rings. The van der Waals surface area contributed by atoms with E-state index in [4.69, 9.17) is 5.73 Å². The molecule has 6 heteroatoms. The lowest BCUT2D eigenvalue weighted by Gasteiger charge is -2.25. The third-order valence-corrected chi connectivity index (χ3v) is 3.02. The van der Waals surface area contributed by atoms with Crippen LogP contribution in [0.4, 0.5) is 5.82 Å². The summed E-state index contributed by atoms with van der Waals surface area (Å²) in [4.78, 5) is 22.7. The van der Waals surface area contributed by atoms with E-state index in [2.05, 4.69) is 15.5 Å². The van der Waals surface area contributed by atoms with E-state index in [0.29, 0.717) is 5.82 Å². The fourth-order valence-electron chi connectivity index (χ4n) is 2.11. The van der Waals surface area contributed by atoms with Crippen LogP contribution in [-0.4, -0.2) is 22.1 Å². The summed E-state index contributed by atoms with van der Waals surface area (Å²) >= 11 is 0. The summed E-state index contributed by atoms with van der Waals surface area (Å²) in [6, 6.07) is 2.93. The number of hydrogen-bond acceptors (Lipinski definition) is 4. The number of nitrogens with zero attached hydrogens (tertiary/aromatic N) is 1. The maximum Gasteiger partial charge on any atom is 0.264 e. The van der Waals surface area contributed by atoms with Gasteiger partial charge in [-0.25, -0.2) is 5.10 Å². The number of nitrogens with two attached hydrogens (primary N) is 1. The third kappa shape index (κ3) is 3.13. The standard InChI is InChI=1S/C11H16N4O2/c12-8-3-1-2-7(6-8)11(17)13-9-4-5-10(16)15-14-9/h4-5,7-8H,1-3,6,12H2,(H,15,16)(H,13,14,17). The van der Waals surface area contributed by atoms with Crippen molar-refractivity contribution in [3.8, 4) is 0 Å². The number of hydrogen-bond donors (Lipinski definition) is 3. The van der Waals surface area contributed by atoms with Crippen LogP contribution in [0.1, 0.15) is 25.7 Å². The highest BCUT2D eigenvalue weighted by atomic mass is 16.2. The molecule has 0 saturated heterocycles. The Hall–Kier alpha value is -1.69. The van der Waals surface area contributed by atoms with Crippen LogP contribution in [0, 0.1) is 5.92 Å². The molecular formula is C11H16N4O2. The number of anilines is 1. The van der Waals surface area contributed by atoms with Gasteiger partial charge in [-0.2, -0.15) is 5.10 Å². The molecule has 0 aromatic carbocycles. The van der Waals surface area contributed by atoms with Crippen LogP contribution in [0.5, 0.6) is 0 Å². The molecular weight excluding hydrogens is 220 g/mol. The molecule has 1 aliphatic rings. The van der Waals surface area contributed by atoms with Crippen molar-refractivity contribution in [3.05, 3.63) is 22.5 Å². The van der Waals surface area contributed by atoms with Crippen molar-refractivity contribution >= 4 is 11.7 Å². The highest BCUT2D eigenvalue weighted by Gasteiger charge is 2.25. The van der Waals surface area contributed by atoms with Crippen LogP contribution < -0.4 is 16.6 Å². The summed E-state index contributed by atoms with van der Waals surface area (Å²) in [6.07, 6.45) is 3.55. The van der Waals surface area contributed by atoms with Crippen molar-refractivity contribution in [2.75, 3.05) is 5.32 Å². The summed E-state index contributed by atoms with van der Waals surface area (Å²) in [5.41, 5.74) is 5.54. The smallest absolute Gasteiger partial charge is 0.264 e. The molecule has 1 aromatic heterocycles. The first-order chi connectivity index (χ1) is 8.15. The molecule has 6 nitrogen and oxygen atoms in total. The van der Waals surface area contributed by atoms with E-state index in [1.165, 1.54) is 12.1 Å². The predicted molar refractivity (Wildman–Crippen MR) is 63.4 cm³/mol. The second-order valence-electron chi connectivity index (χ2n) is 4.42. The number of amides is 1. The monoisotopic (exact) mass is 236 g/mol. The Labute approximate surface area is 98.6 Å². The van der Waals surface area contributed by atoms with Gasteiger partial charge in [-0.1, -0.05) is 6.42 Å². The van der Waals surface area contributed by atoms with E-state index < -0.39 is 0 Å². The maximum absolute atomic E-state index is 11.9. The molecule has 92 valence electrons. The molecule has 1 heterocycles. The molecule has 0 spiro atoms. The Bertz CT molecular complexity index is 437. The zero-order valence-electron chi connectivity index (χ0n) is 9.48. The van der Waals surface area contributed by atoms with Gasteiger partial charge in [-0.3, -0.25) is 9.59 Å². The number of aromatic nitrogens is 2. The average Bonchev–Trinajstić information content (AvgIpc) is 2.32. The number of aromatic amines is 1. The summed E-state index contributed by atoms with van der Waals surface area (Å²) in [6.45, 7) is 0. The third-order valence-electron chi connectivity index (χ3n) is 3.02. The van der Waals surface area contributed by atoms with Gasteiger partial charge in [0.1, 0.15) is 0 Å². The van der Waals surface area contributed by atoms with Crippen molar-refractivity contribution in [1.82, 2.24) is 10.2 Å². The molecule has 2 atom stereocenters. The lowest BCUT2D eigenvalue weighted by molar-refractivity contribution is -0.120. The minimum atomic E-state index is -0.289. The van der Waals surface area contributed by atoms with E-state index in [9.17, 15) is 9.59 Å². The van der Waals surface area contributed by atoms with Gasteiger partial charge in [0, 0.05) is 18.0 Å². The summed E-state index contributed by atoms with van der Waals surface area (Å²) in [5.74, 6) is 0.251. The number of carbonyl (C=O) groups is 1. The van der Waals surface area contributed by atoms with E-state index in [0.717, 1.165) is 25.7 Å². The zero-order chi connectivity index (χ0) is 12.3. The van der Waals surface area contributed by atoms with Gasteiger partial charge in [0.2, 0.25) is 5.91 Å². The molecule has 1 aliphatic carbocycles. The fourth-order valence-corrected chi connectivity index (χ4v) is 2.11. The summed E-state index contributed by atoms with van der Waals surface area (Å²) in [7, 11) is 0. The van der Waals surface area contributed by atoms with Crippen molar-refractivity contribution in [3.63, 3.8) is 0 Å². The lowest BCUT2D eigenvalue weighted by Crippen LogP contribution is -2.34. The Balaban J connectivity index is 1.96.